The average Bonchev–Trinajstić information content (AvgIpc) is 3.02. The monoisotopic (exact) mass is 346 g/mol. The second kappa shape index (κ2) is 5.75. The van der Waals surface area contributed by atoms with Gasteiger partial charge in [0, 0.05) is 38.7 Å². The van der Waals surface area contributed by atoms with E-state index in [0.29, 0.717) is 36.6 Å². The Kier molecular flexibility index (Phi) is 3.77. The van der Waals surface area contributed by atoms with Gasteiger partial charge in [0.2, 0.25) is 11.8 Å². The molecular formula is C18H26N4O3. The molecule has 1 aromatic rings. The highest BCUT2D eigenvalue weighted by Gasteiger charge is 2.70. The molecule has 2 saturated carbocycles. The molecule has 4 atom stereocenters. The molecule has 136 valence electrons. The van der Waals surface area contributed by atoms with E-state index in [2.05, 4.69) is 17.3 Å². The van der Waals surface area contributed by atoms with E-state index >= 15 is 0 Å². The maximum absolute atomic E-state index is 12.7. The minimum absolute atomic E-state index is 0.0449. The van der Waals surface area contributed by atoms with Crippen molar-refractivity contribution in [2.75, 3.05) is 20.2 Å². The van der Waals surface area contributed by atoms with E-state index in [4.69, 9.17) is 4.74 Å². The predicted molar refractivity (Wildman–Crippen MR) is 91.2 cm³/mol. The molecule has 0 aromatic carbocycles. The van der Waals surface area contributed by atoms with Crippen molar-refractivity contribution in [1.29, 1.82) is 0 Å². The van der Waals surface area contributed by atoms with Crippen molar-refractivity contribution in [3.8, 4) is 5.88 Å². The van der Waals surface area contributed by atoms with Crippen LogP contribution >= 0.6 is 0 Å². The fourth-order valence-electron chi connectivity index (χ4n) is 4.40. The van der Waals surface area contributed by atoms with Crippen molar-refractivity contribution in [2.24, 2.45) is 17.3 Å². The van der Waals surface area contributed by atoms with Gasteiger partial charge in [-0.05, 0) is 31.6 Å². The van der Waals surface area contributed by atoms with Crippen LogP contribution in [0, 0.1) is 17.3 Å². The van der Waals surface area contributed by atoms with E-state index < -0.39 is 0 Å². The number of carbonyl (C=O) groups is 2. The smallest absolute Gasteiger partial charge is 0.272 e. The first-order chi connectivity index (χ1) is 11.9. The molecule has 0 spiro atoms. The summed E-state index contributed by atoms with van der Waals surface area (Å²) in [6.07, 6.45) is 2.96. The molecule has 2 aliphatic carbocycles. The van der Waals surface area contributed by atoms with Crippen molar-refractivity contribution in [1.82, 2.24) is 20.0 Å². The molecule has 1 aliphatic heterocycles. The van der Waals surface area contributed by atoms with Gasteiger partial charge in [-0.2, -0.15) is 5.10 Å². The van der Waals surface area contributed by atoms with E-state index in [0.717, 1.165) is 25.8 Å². The standard InChI is InChI=1S/C18H26N4O3/c1-11-8-18(9-13(11)18)17(24)21(3)12(2)10-19-16(23)14-7-15-22(20-14)5-4-6-25-15/h7,11-13H,4-6,8-10H2,1-3H3,(H,19,23)/t11-,12?,13-,18+/m0/s1. The van der Waals surface area contributed by atoms with E-state index in [1.165, 1.54) is 0 Å². The highest BCUT2D eigenvalue weighted by Crippen LogP contribution is 2.71. The first kappa shape index (κ1) is 16.4. The molecule has 0 bridgehead atoms. The number of nitrogens with one attached hydrogen (secondary N) is 1. The van der Waals surface area contributed by atoms with Gasteiger partial charge >= 0.3 is 0 Å². The largest absolute Gasteiger partial charge is 0.478 e. The number of hydrogen-bond donors (Lipinski definition) is 1. The van der Waals surface area contributed by atoms with Gasteiger partial charge in [0.1, 0.15) is 0 Å². The van der Waals surface area contributed by atoms with Crippen LogP contribution in [0.5, 0.6) is 5.88 Å². The molecule has 1 aromatic heterocycles. The Morgan fingerprint density at radius 2 is 2.32 bits per heavy atom. The molecule has 25 heavy (non-hydrogen) atoms. The number of aryl methyl sites for hydroxylation is 1. The lowest BCUT2D eigenvalue weighted by Crippen LogP contribution is -2.48. The van der Waals surface area contributed by atoms with Crippen LogP contribution in [0.3, 0.4) is 0 Å². The van der Waals surface area contributed by atoms with Crippen molar-refractivity contribution < 1.29 is 14.3 Å². The minimum atomic E-state index is -0.224. The predicted octanol–water partition coefficient (Wildman–Crippen LogP) is 1.29. The number of amides is 2. The van der Waals surface area contributed by atoms with E-state index in [1.807, 2.05) is 14.0 Å². The molecule has 3 aliphatic rings. The Balaban J connectivity index is 1.31. The summed E-state index contributed by atoms with van der Waals surface area (Å²) < 4.78 is 7.21. The lowest BCUT2D eigenvalue weighted by atomic mass is 9.75. The third-order valence-electron chi connectivity index (χ3n) is 6.21. The normalized spacial score (nSPS) is 30.2. The Bertz CT molecular complexity index is 692. The van der Waals surface area contributed by atoms with Crippen LogP contribution in [0.2, 0.25) is 0 Å². The average molecular weight is 346 g/mol. The fraction of sp³-hybridized carbons (Fsp3) is 0.722. The Morgan fingerprint density at radius 1 is 1.52 bits per heavy atom. The molecule has 0 saturated heterocycles. The van der Waals surface area contributed by atoms with E-state index in [-0.39, 0.29) is 23.3 Å². The van der Waals surface area contributed by atoms with Gasteiger partial charge in [-0.1, -0.05) is 6.92 Å². The van der Waals surface area contributed by atoms with Crippen LogP contribution < -0.4 is 10.1 Å². The van der Waals surface area contributed by atoms with Gasteiger partial charge in [0.25, 0.3) is 5.91 Å². The number of nitrogens with zero attached hydrogens (tertiary/aromatic N) is 3. The minimum Gasteiger partial charge on any atom is -0.478 e. The van der Waals surface area contributed by atoms with Gasteiger partial charge in [0.15, 0.2) is 5.69 Å². The van der Waals surface area contributed by atoms with Gasteiger partial charge in [-0.25, -0.2) is 4.68 Å². The number of carbonyl (C=O) groups excluding carboxylic acids is 2. The number of fused-ring (bicyclic) bond motifs is 2. The van der Waals surface area contributed by atoms with E-state index in [9.17, 15) is 9.59 Å². The molecule has 2 heterocycles. The summed E-state index contributed by atoms with van der Waals surface area (Å²) >= 11 is 0. The summed E-state index contributed by atoms with van der Waals surface area (Å²) in [6, 6.07) is 1.63. The zero-order valence-electron chi connectivity index (χ0n) is 15.1. The van der Waals surface area contributed by atoms with Crippen LogP contribution in [0.15, 0.2) is 6.07 Å². The van der Waals surface area contributed by atoms with Gasteiger partial charge in [-0.3, -0.25) is 9.59 Å². The first-order valence-corrected chi connectivity index (χ1v) is 9.18. The van der Waals surface area contributed by atoms with Gasteiger partial charge < -0.3 is 15.0 Å². The van der Waals surface area contributed by atoms with Crippen LogP contribution in [0.4, 0.5) is 0 Å². The van der Waals surface area contributed by atoms with Crippen LogP contribution in [-0.4, -0.2) is 52.7 Å². The third kappa shape index (κ3) is 2.60. The third-order valence-corrected chi connectivity index (χ3v) is 6.21. The van der Waals surface area contributed by atoms with Crippen LogP contribution in [0.25, 0.3) is 0 Å². The zero-order valence-corrected chi connectivity index (χ0v) is 15.1. The highest BCUT2D eigenvalue weighted by atomic mass is 16.5. The molecule has 2 fully saturated rings. The summed E-state index contributed by atoms with van der Waals surface area (Å²) in [5.74, 6) is 1.93. The number of likely N-dealkylation sites (N-methyl/N-ethyl adjacent to an activating group) is 1. The fourth-order valence-corrected chi connectivity index (χ4v) is 4.40. The van der Waals surface area contributed by atoms with Crippen LogP contribution in [0.1, 0.15) is 43.6 Å². The zero-order chi connectivity index (χ0) is 17.8. The van der Waals surface area contributed by atoms with Crippen molar-refractivity contribution in [2.45, 2.75) is 45.7 Å². The number of ether oxygens (including phenoxy) is 1. The topological polar surface area (TPSA) is 76.5 Å². The highest BCUT2D eigenvalue weighted by molar-refractivity contribution is 5.92. The molecule has 7 heteroatoms. The number of aromatic nitrogens is 2. The molecule has 1 unspecified atom stereocenters. The molecule has 7 nitrogen and oxygen atoms in total. The van der Waals surface area contributed by atoms with Crippen molar-refractivity contribution >= 4 is 11.8 Å². The summed E-state index contributed by atoms with van der Waals surface area (Å²) in [4.78, 5) is 26.8. The van der Waals surface area contributed by atoms with Crippen molar-refractivity contribution in [3.05, 3.63) is 11.8 Å². The lowest BCUT2D eigenvalue weighted by molar-refractivity contribution is -0.142. The molecular weight excluding hydrogens is 320 g/mol. The molecule has 4 rings (SSSR count). The maximum atomic E-state index is 12.7. The van der Waals surface area contributed by atoms with Crippen LogP contribution in [-0.2, 0) is 11.3 Å². The summed E-state index contributed by atoms with van der Waals surface area (Å²) in [5, 5.41) is 7.17. The SMILES string of the molecule is CC(CNC(=O)c1cc2n(n1)CCCO2)N(C)C(=O)[C@@]12C[C@H](C)[C@@H]1C2. The Labute approximate surface area is 147 Å². The molecule has 0 radical (unpaired) electrons. The second-order valence-corrected chi connectivity index (χ2v) is 7.92. The molecule has 1 N–H and O–H groups in total. The summed E-state index contributed by atoms with van der Waals surface area (Å²) in [7, 11) is 1.84. The maximum Gasteiger partial charge on any atom is 0.272 e. The first-order valence-electron chi connectivity index (χ1n) is 9.18. The second-order valence-electron chi connectivity index (χ2n) is 7.92. The van der Waals surface area contributed by atoms with Gasteiger partial charge in [-0.15, -0.1) is 0 Å². The summed E-state index contributed by atoms with van der Waals surface area (Å²) in [6.45, 7) is 6.05. The van der Waals surface area contributed by atoms with Gasteiger partial charge in [0.05, 0.1) is 12.0 Å². The lowest BCUT2D eigenvalue weighted by Gasteiger charge is -2.36. The Hall–Kier alpha value is -2.05. The summed E-state index contributed by atoms with van der Waals surface area (Å²) in [5.41, 5.74) is 0.291. The van der Waals surface area contributed by atoms with Crippen molar-refractivity contribution in [3.63, 3.8) is 0 Å². The van der Waals surface area contributed by atoms with E-state index in [1.54, 1.807) is 15.6 Å². The Morgan fingerprint density at radius 3 is 2.96 bits per heavy atom. The quantitative estimate of drug-likeness (QED) is 0.872. The number of rotatable bonds is 5. The number of hydrogen-bond acceptors (Lipinski definition) is 4. The molecule has 2 amide bonds.